The van der Waals surface area contributed by atoms with Crippen LogP contribution in [0.5, 0.6) is 0 Å². The second-order valence-corrected chi connectivity index (χ2v) is 5.83. The first-order chi connectivity index (χ1) is 9.02. The van der Waals surface area contributed by atoms with Crippen LogP contribution in [0.2, 0.25) is 0 Å². The number of nitrogens with one attached hydrogen (secondary N) is 1. The van der Waals surface area contributed by atoms with Gasteiger partial charge in [-0.15, -0.1) is 0 Å². The topological polar surface area (TPSA) is 75.6 Å². The number of hydrogen-bond donors (Lipinski definition) is 2. The molecule has 0 unspecified atom stereocenters. The minimum Gasteiger partial charge on any atom is -0.480 e. The van der Waals surface area contributed by atoms with Crippen LogP contribution in [-0.4, -0.2) is 34.7 Å². The Morgan fingerprint density at radius 2 is 2.00 bits per heavy atom. The van der Waals surface area contributed by atoms with Gasteiger partial charge in [0.05, 0.1) is 12.2 Å². The van der Waals surface area contributed by atoms with Gasteiger partial charge in [0.1, 0.15) is 5.54 Å². The van der Waals surface area contributed by atoms with Crippen LogP contribution in [0.1, 0.15) is 58.3 Å². The van der Waals surface area contributed by atoms with Crippen molar-refractivity contribution >= 4 is 11.9 Å². The van der Waals surface area contributed by atoms with Gasteiger partial charge in [0.2, 0.25) is 5.91 Å². The van der Waals surface area contributed by atoms with E-state index in [4.69, 9.17) is 4.74 Å². The molecule has 1 amide bonds. The van der Waals surface area contributed by atoms with E-state index >= 15 is 0 Å². The molecule has 2 N–H and O–H groups in total. The number of carboxylic acid groups (broad SMARTS) is 1. The highest BCUT2D eigenvalue weighted by atomic mass is 16.5. The number of ether oxygens (including phenoxy) is 1. The maximum Gasteiger partial charge on any atom is 0.329 e. The highest BCUT2D eigenvalue weighted by Gasteiger charge is 2.42. The van der Waals surface area contributed by atoms with Crippen molar-refractivity contribution in [1.29, 1.82) is 0 Å². The van der Waals surface area contributed by atoms with E-state index in [9.17, 15) is 14.7 Å². The third-order valence-electron chi connectivity index (χ3n) is 4.26. The maximum absolute atomic E-state index is 11.9. The summed E-state index contributed by atoms with van der Waals surface area (Å²) in [5.41, 5.74) is -1.01. The van der Waals surface area contributed by atoms with Crippen LogP contribution in [0.3, 0.4) is 0 Å². The summed E-state index contributed by atoms with van der Waals surface area (Å²) in [6.45, 7) is 2.04. The summed E-state index contributed by atoms with van der Waals surface area (Å²) in [5, 5.41) is 12.0. The highest BCUT2D eigenvalue weighted by Crippen LogP contribution is 2.30. The van der Waals surface area contributed by atoms with Crippen molar-refractivity contribution in [2.45, 2.75) is 76.0 Å². The van der Waals surface area contributed by atoms with Crippen molar-refractivity contribution in [2.75, 3.05) is 0 Å². The zero-order valence-electron chi connectivity index (χ0n) is 11.5. The summed E-state index contributed by atoms with van der Waals surface area (Å²) >= 11 is 0. The fourth-order valence-electron chi connectivity index (χ4n) is 3.09. The molecule has 5 nitrogen and oxygen atoms in total. The summed E-state index contributed by atoms with van der Waals surface area (Å²) in [6.07, 6.45) is 6.36. The summed E-state index contributed by atoms with van der Waals surface area (Å²) in [4.78, 5) is 23.2. The quantitative estimate of drug-likeness (QED) is 0.798. The van der Waals surface area contributed by atoms with Crippen molar-refractivity contribution in [3.8, 4) is 0 Å². The molecule has 1 saturated heterocycles. The van der Waals surface area contributed by atoms with Gasteiger partial charge in [-0.25, -0.2) is 4.79 Å². The van der Waals surface area contributed by atoms with Crippen molar-refractivity contribution < 1.29 is 19.4 Å². The van der Waals surface area contributed by atoms with Crippen LogP contribution < -0.4 is 5.32 Å². The fourth-order valence-corrected chi connectivity index (χ4v) is 3.09. The van der Waals surface area contributed by atoms with Crippen molar-refractivity contribution in [2.24, 2.45) is 0 Å². The molecule has 0 radical (unpaired) electrons. The molecule has 0 spiro atoms. The van der Waals surface area contributed by atoms with Gasteiger partial charge < -0.3 is 15.2 Å². The van der Waals surface area contributed by atoms with E-state index in [1.54, 1.807) is 0 Å². The van der Waals surface area contributed by atoms with Crippen molar-refractivity contribution in [3.05, 3.63) is 0 Å². The number of aliphatic carboxylic acids is 1. The average molecular weight is 269 g/mol. The van der Waals surface area contributed by atoms with Crippen LogP contribution in [0, 0.1) is 0 Å². The lowest BCUT2D eigenvalue weighted by Crippen LogP contribution is -2.52. The normalized spacial score (nSPS) is 29.3. The van der Waals surface area contributed by atoms with Gasteiger partial charge in [0, 0.05) is 6.42 Å². The average Bonchev–Trinajstić information content (AvgIpc) is 2.97. The first-order valence-electron chi connectivity index (χ1n) is 7.22. The SMILES string of the molecule is C[C@H]1CC[C@H](CCC(=O)NC2(C(=O)O)CCCC2)O1. The molecule has 2 fully saturated rings. The van der Waals surface area contributed by atoms with E-state index in [1.807, 2.05) is 6.92 Å². The van der Waals surface area contributed by atoms with Gasteiger partial charge in [-0.05, 0) is 39.0 Å². The zero-order chi connectivity index (χ0) is 13.9. The Hall–Kier alpha value is -1.10. The van der Waals surface area contributed by atoms with Crippen LogP contribution in [0.15, 0.2) is 0 Å². The van der Waals surface area contributed by atoms with E-state index in [0.29, 0.717) is 25.7 Å². The molecule has 1 aliphatic heterocycles. The molecule has 1 heterocycles. The lowest BCUT2D eigenvalue weighted by atomic mass is 9.97. The molecule has 5 heteroatoms. The van der Waals surface area contributed by atoms with Gasteiger partial charge in [-0.3, -0.25) is 4.79 Å². The number of amides is 1. The molecular weight excluding hydrogens is 246 g/mol. The minimum absolute atomic E-state index is 0.158. The van der Waals surface area contributed by atoms with E-state index in [-0.39, 0.29) is 18.1 Å². The van der Waals surface area contributed by atoms with E-state index in [2.05, 4.69) is 5.32 Å². The predicted molar refractivity (Wildman–Crippen MR) is 69.8 cm³/mol. The largest absolute Gasteiger partial charge is 0.480 e. The van der Waals surface area contributed by atoms with Gasteiger partial charge >= 0.3 is 5.97 Å². The Balaban J connectivity index is 1.78. The van der Waals surface area contributed by atoms with E-state index in [1.165, 1.54) is 0 Å². The Bertz CT molecular complexity index is 349. The van der Waals surface area contributed by atoms with Gasteiger partial charge in [-0.2, -0.15) is 0 Å². The third kappa shape index (κ3) is 3.47. The Kier molecular flexibility index (Phi) is 4.45. The molecule has 2 rings (SSSR count). The number of carbonyl (C=O) groups excluding carboxylic acids is 1. The molecular formula is C14H23NO4. The molecule has 1 saturated carbocycles. The van der Waals surface area contributed by atoms with Crippen LogP contribution >= 0.6 is 0 Å². The van der Waals surface area contributed by atoms with Crippen molar-refractivity contribution in [1.82, 2.24) is 5.32 Å². The molecule has 0 aromatic carbocycles. The smallest absolute Gasteiger partial charge is 0.329 e. The Labute approximate surface area is 113 Å². The fraction of sp³-hybridized carbons (Fsp3) is 0.857. The molecule has 19 heavy (non-hydrogen) atoms. The number of hydrogen-bond acceptors (Lipinski definition) is 3. The summed E-state index contributed by atoms with van der Waals surface area (Å²) < 4.78 is 5.66. The lowest BCUT2D eigenvalue weighted by Gasteiger charge is -2.25. The summed E-state index contributed by atoms with van der Waals surface area (Å²) in [5.74, 6) is -1.06. The third-order valence-corrected chi connectivity index (χ3v) is 4.26. The standard InChI is InChI=1S/C14H23NO4/c1-10-4-5-11(19-10)6-7-12(16)15-14(13(17)18)8-2-3-9-14/h10-11H,2-9H2,1H3,(H,15,16)(H,17,18)/t10-,11+/m0/s1. The maximum atomic E-state index is 11.9. The molecule has 1 aliphatic carbocycles. The molecule has 2 aliphatic rings. The molecule has 0 bridgehead atoms. The second-order valence-electron chi connectivity index (χ2n) is 5.83. The first-order valence-corrected chi connectivity index (χ1v) is 7.22. The molecule has 108 valence electrons. The number of rotatable bonds is 5. The van der Waals surface area contributed by atoms with Crippen LogP contribution in [0.4, 0.5) is 0 Å². The Morgan fingerprint density at radius 3 is 2.53 bits per heavy atom. The molecule has 0 aromatic rings. The number of carboxylic acids is 1. The monoisotopic (exact) mass is 269 g/mol. The Morgan fingerprint density at radius 1 is 1.32 bits per heavy atom. The van der Waals surface area contributed by atoms with Gasteiger partial charge in [-0.1, -0.05) is 12.8 Å². The van der Waals surface area contributed by atoms with Crippen LogP contribution in [-0.2, 0) is 14.3 Å². The minimum atomic E-state index is -1.01. The highest BCUT2D eigenvalue weighted by molar-refractivity contribution is 5.87. The molecule has 0 aromatic heterocycles. The predicted octanol–water partition coefficient (Wildman–Crippen LogP) is 1.85. The lowest BCUT2D eigenvalue weighted by molar-refractivity contribution is -0.147. The summed E-state index contributed by atoms with van der Waals surface area (Å²) in [6, 6.07) is 0. The second kappa shape index (κ2) is 5.90. The van der Waals surface area contributed by atoms with Crippen molar-refractivity contribution in [3.63, 3.8) is 0 Å². The van der Waals surface area contributed by atoms with Gasteiger partial charge in [0.15, 0.2) is 0 Å². The molecule has 2 atom stereocenters. The van der Waals surface area contributed by atoms with E-state index in [0.717, 1.165) is 25.7 Å². The number of carbonyl (C=O) groups is 2. The summed E-state index contributed by atoms with van der Waals surface area (Å²) in [7, 11) is 0. The van der Waals surface area contributed by atoms with E-state index < -0.39 is 11.5 Å². The zero-order valence-corrected chi connectivity index (χ0v) is 11.5. The van der Waals surface area contributed by atoms with Crippen LogP contribution in [0.25, 0.3) is 0 Å². The van der Waals surface area contributed by atoms with Gasteiger partial charge in [0.25, 0.3) is 0 Å². The first kappa shape index (κ1) is 14.3.